The molecular formula is C10H11NOS. The van der Waals surface area contributed by atoms with Gasteiger partial charge in [-0.05, 0) is 12.1 Å². The van der Waals surface area contributed by atoms with Crippen molar-refractivity contribution in [3.8, 4) is 0 Å². The molecule has 0 saturated carbocycles. The van der Waals surface area contributed by atoms with Gasteiger partial charge in [0.1, 0.15) is 11.0 Å². The first kappa shape index (κ1) is 8.51. The van der Waals surface area contributed by atoms with E-state index in [1.165, 1.54) is 0 Å². The normalized spacial score (nSPS) is 21.8. The molecule has 0 amide bonds. The minimum absolute atomic E-state index is 0.634. The Labute approximate surface area is 80.5 Å². The summed E-state index contributed by atoms with van der Waals surface area (Å²) >= 11 is 0. The molecule has 1 unspecified atom stereocenters. The molecule has 0 aliphatic carbocycles. The van der Waals surface area contributed by atoms with E-state index in [0.29, 0.717) is 5.75 Å². The number of para-hydroxylation sites is 1. The average molecular weight is 193 g/mol. The molecule has 0 fully saturated rings. The Morgan fingerprint density at radius 2 is 1.92 bits per heavy atom. The second-order valence-electron chi connectivity index (χ2n) is 2.86. The van der Waals surface area contributed by atoms with E-state index in [-0.39, 0.29) is 0 Å². The van der Waals surface area contributed by atoms with Gasteiger partial charge in [0.15, 0.2) is 0 Å². The van der Waals surface area contributed by atoms with Gasteiger partial charge >= 0.3 is 0 Å². The van der Waals surface area contributed by atoms with Crippen LogP contribution in [-0.2, 0) is 11.0 Å². The van der Waals surface area contributed by atoms with Crippen LogP contribution in [0.4, 0.5) is 5.69 Å². The predicted molar refractivity (Wildman–Crippen MR) is 55.9 cm³/mol. The van der Waals surface area contributed by atoms with Crippen molar-refractivity contribution in [2.24, 2.45) is 0 Å². The lowest BCUT2D eigenvalue weighted by atomic mass is 10.3. The molecule has 1 atom stereocenters. The molecule has 1 aromatic rings. The van der Waals surface area contributed by atoms with Crippen LogP contribution in [0.1, 0.15) is 0 Å². The van der Waals surface area contributed by atoms with E-state index >= 15 is 0 Å². The Morgan fingerprint density at radius 3 is 2.62 bits per heavy atom. The second kappa shape index (κ2) is 3.75. The monoisotopic (exact) mass is 193 g/mol. The van der Waals surface area contributed by atoms with Gasteiger partial charge in [-0.1, -0.05) is 30.4 Å². The lowest BCUT2D eigenvalue weighted by Gasteiger charge is -2.23. The SMILES string of the molecule is O=S1CC=CCN1c1ccccc1. The third kappa shape index (κ3) is 1.80. The minimum atomic E-state index is -0.882. The third-order valence-corrected chi connectivity index (χ3v) is 3.30. The zero-order chi connectivity index (χ0) is 9.10. The quantitative estimate of drug-likeness (QED) is 0.622. The Kier molecular flexibility index (Phi) is 2.45. The summed E-state index contributed by atoms with van der Waals surface area (Å²) < 4.78 is 13.5. The Bertz CT molecular complexity index is 334. The van der Waals surface area contributed by atoms with Gasteiger partial charge in [0, 0.05) is 12.2 Å². The van der Waals surface area contributed by atoms with Gasteiger partial charge in [-0.25, -0.2) is 4.21 Å². The summed E-state index contributed by atoms with van der Waals surface area (Å²) in [5.41, 5.74) is 1.03. The summed E-state index contributed by atoms with van der Waals surface area (Å²) in [6.07, 6.45) is 4.02. The molecule has 3 heteroatoms. The molecule has 0 N–H and O–H groups in total. The van der Waals surface area contributed by atoms with Gasteiger partial charge in [-0.15, -0.1) is 0 Å². The van der Waals surface area contributed by atoms with Crippen molar-refractivity contribution in [2.45, 2.75) is 0 Å². The molecule has 0 bridgehead atoms. The van der Waals surface area contributed by atoms with Crippen LogP contribution in [-0.4, -0.2) is 16.5 Å². The molecule has 0 aromatic heterocycles. The maximum absolute atomic E-state index is 11.6. The van der Waals surface area contributed by atoms with Gasteiger partial charge in [-0.3, -0.25) is 4.31 Å². The first-order chi connectivity index (χ1) is 6.38. The summed E-state index contributed by atoms with van der Waals surface area (Å²) in [5, 5.41) is 0. The fourth-order valence-electron chi connectivity index (χ4n) is 1.31. The highest BCUT2D eigenvalue weighted by Crippen LogP contribution is 2.17. The lowest BCUT2D eigenvalue weighted by molar-refractivity contribution is 0.681. The van der Waals surface area contributed by atoms with Crippen LogP contribution in [0.5, 0.6) is 0 Å². The minimum Gasteiger partial charge on any atom is -0.288 e. The van der Waals surface area contributed by atoms with E-state index in [4.69, 9.17) is 0 Å². The van der Waals surface area contributed by atoms with Crippen molar-refractivity contribution in [2.75, 3.05) is 16.6 Å². The molecule has 2 rings (SSSR count). The van der Waals surface area contributed by atoms with Crippen LogP contribution in [0, 0.1) is 0 Å². The van der Waals surface area contributed by atoms with E-state index in [1.807, 2.05) is 40.7 Å². The van der Waals surface area contributed by atoms with E-state index in [0.717, 1.165) is 12.2 Å². The first-order valence-electron chi connectivity index (χ1n) is 4.24. The van der Waals surface area contributed by atoms with Gasteiger partial charge < -0.3 is 0 Å². The topological polar surface area (TPSA) is 20.3 Å². The summed E-state index contributed by atoms with van der Waals surface area (Å²) in [7, 11) is -0.882. The van der Waals surface area contributed by atoms with Gasteiger partial charge in [0.05, 0.1) is 5.75 Å². The van der Waals surface area contributed by atoms with Gasteiger partial charge in [-0.2, -0.15) is 0 Å². The van der Waals surface area contributed by atoms with Crippen molar-refractivity contribution >= 4 is 16.7 Å². The molecule has 0 saturated heterocycles. The highest BCUT2D eigenvalue weighted by atomic mass is 32.2. The zero-order valence-corrected chi connectivity index (χ0v) is 8.04. The van der Waals surface area contributed by atoms with Crippen LogP contribution in [0.2, 0.25) is 0 Å². The van der Waals surface area contributed by atoms with Crippen molar-refractivity contribution in [3.05, 3.63) is 42.5 Å². The highest BCUT2D eigenvalue weighted by Gasteiger charge is 2.13. The highest BCUT2D eigenvalue weighted by molar-refractivity contribution is 7.86. The van der Waals surface area contributed by atoms with E-state index < -0.39 is 11.0 Å². The van der Waals surface area contributed by atoms with Crippen LogP contribution < -0.4 is 4.31 Å². The summed E-state index contributed by atoms with van der Waals surface area (Å²) in [4.78, 5) is 0. The Balaban J connectivity index is 2.26. The van der Waals surface area contributed by atoms with Crippen LogP contribution >= 0.6 is 0 Å². The lowest BCUT2D eigenvalue weighted by Crippen LogP contribution is -2.29. The first-order valence-corrected chi connectivity index (χ1v) is 5.51. The molecule has 1 heterocycles. The average Bonchev–Trinajstić information content (AvgIpc) is 2.20. The maximum atomic E-state index is 11.6. The van der Waals surface area contributed by atoms with Crippen LogP contribution in [0.15, 0.2) is 42.5 Å². The number of benzene rings is 1. The van der Waals surface area contributed by atoms with Crippen LogP contribution in [0.25, 0.3) is 0 Å². The van der Waals surface area contributed by atoms with Gasteiger partial charge in [0.25, 0.3) is 0 Å². The second-order valence-corrected chi connectivity index (χ2v) is 4.27. The molecular weight excluding hydrogens is 182 g/mol. The van der Waals surface area contributed by atoms with Crippen molar-refractivity contribution < 1.29 is 4.21 Å². The van der Waals surface area contributed by atoms with Crippen molar-refractivity contribution in [1.82, 2.24) is 0 Å². The fraction of sp³-hybridized carbons (Fsp3) is 0.200. The zero-order valence-electron chi connectivity index (χ0n) is 7.22. The van der Waals surface area contributed by atoms with E-state index in [2.05, 4.69) is 6.08 Å². The van der Waals surface area contributed by atoms with Crippen molar-refractivity contribution in [3.63, 3.8) is 0 Å². The molecule has 2 nitrogen and oxygen atoms in total. The maximum Gasteiger partial charge on any atom is 0.123 e. The largest absolute Gasteiger partial charge is 0.288 e. The van der Waals surface area contributed by atoms with E-state index in [1.54, 1.807) is 0 Å². The Hall–Kier alpha value is -1.09. The van der Waals surface area contributed by atoms with E-state index in [9.17, 15) is 4.21 Å². The molecule has 68 valence electrons. The molecule has 0 radical (unpaired) electrons. The fourth-order valence-corrected chi connectivity index (χ4v) is 2.40. The summed E-state index contributed by atoms with van der Waals surface area (Å²) in [6.45, 7) is 0.747. The van der Waals surface area contributed by atoms with Gasteiger partial charge in [0.2, 0.25) is 0 Å². The number of rotatable bonds is 1. The molecule has 1 aromatic carbocycles. The smallest absolute Gasteiger partial charge is 0.123 e. The third-order valence-electron chi connectivity index (χ3n) is 1.97. The summed E-state index contributed by atoms with van der Waals surface area (Å²) in [6, 6.07) is 9.86. The molecule has 0 spiro atoms. The molecule has 1 aliphatic rings. The molecule has 1 aliphatic heterocycles. The number of nitrogens with zero attached hydrogens (tertiary/aromatic N) is 1. The predicted octanol–water partition coefficient (Wildman–Crippen LogP) is 1.73. The number of hydrogen-bond donors (Lipinski definition) is 0. The summed E-state index contributed by atoms with van der Waals surface area (Å²) in [5.74, 6) is 0.634. The standard InChI is InChI=1S/C10H11NOS/c12-13-9-5-4-8-11(13)10-6-2-1-3-7-10/h1-7H,8-9H2. The van der Waals surface area contributed by atoms with Crippen LogP contribution in [0.3, 0.4) is 0 Å². The van der Waals surface area contributed by atoms with Crippen molar-refractivity contribution in [1.29, 1.82) is 0 Å². The number of hydrogen-bond acceptors (Lipinski definition) is 1. The molecule has 13 heavy (non-hydrogen) atoms. The Morgan fingerprint density at radius 1 is 1.15 bits per heavy atom. The number of anilines is 1.